The Labute approximate surface area is 96.3 Å². The lowest BCUT2D eigenvalue weighted by molar-refractivity contribution is 0.241. The van der Waals surface area contributed by atoms with Crippen molar-refractivity contribution >= 4 is 5.57 Å². The van der Waals surface area contributed by atoms with E-state index in [0.29, 0.717) is 0 Å². The average Bonchev–Trinajstić information content (AvgIpc) is 2.64. The summed E-state index contributed by atoms with van der Waals surface area (Å²) in [5, 5.41) is 0. The number of aromatic nitrogens is 1. The molecule has 3 heteroatoms. The molecule has 1 aromatic rings. The van der Waals surface area contributed by atoms with Crippen molar-refractivity contribution in [1.82, 2.24) is 4.98 Å². The third-order valence-corrected chi connectivity index (χ3v) is 2.62. The lowest BCUT2D eigenvalue weighted by Gasteiger charge is -2.10. The minimum atomic E-state index is 0.178. The zero-order valence-electron chi connectivity index (χ0n) is 9.81. The molecule has 2 N–H and O–H groups in total. The molecule has 0 saturated carbocycles. The number of allylic oxidation sites excluding steroid dienone is 1. The highest BCUT2D eigenvalue weighted by Crippen LogP contribution is 2.28. The molecule has 86 valence electrons. The van der Waals surface area contributed by atoms with Gasteiger partial charge in [0.2, 0.25) is 0 Å². The van der Waals surface area contributed by atoms with Crippen molar-refractivity contribution < 1.29 is 4.74 Å². The number of nitrogens with zero attached hydrogens (tertiary/aromatic N) is 1. The first-order valence-corrected chi connectivity index (χ1v) is 5.73. The van der Waals surface area contributed by atoms with Crippen LogP contribution in [0.15, 0.2) is 24.5 Å². The van der Waals surface area contributed by atoms with Gasteiger partial charge in [0.15, 0.2) is 0 Å². The van der Waals surface area contributed by atoms with E-state index in [9.17, 15) is 0 Å². The van der Waals surface area contributed by atoms with Crippen LogP contribution in [0, 0.1) is 0 Å². The Morgan fingerprint density at radius 3 is 2.88 bits per heavy atom. The van der Waals surface area contributed by atoms with Gasteiger partial charge in [-0.15, -0.1) is 0 Å². The van der Waals surface area contributed by atoms with E-state index in [1.165, 1.54) is 5.57 Å². The Morgan fingerprint density at radius 1 is 1.44 bits per heavy atom. The average molecular weight is 218 g/mol. The summed E-state index contributed by atoms with van der Waals surface area (Å²) >= 11 is 0. The van der Waals surface area contributed by atoms with Crippen LogP contribution in [-0.4, -0.2) is 17.1 Å². The molecule has 0 bridgehead atoms. The topological polar surface area (TPSA) is 48.1 Å². The molecule has 1 atom stereocenters. The fraction of sp³-hybridized carbons (Fsp3) is 0.462. The van der Waals surface area contributed by atoms with E-state index in [0.717, 1.165) is 24.2 Å². The summed E-state index contributed by atoms with van der Waals surface area (Å²) in [5.74, 6) is 0.828. The maximum absolute atomic E-state index is 5.85. The minimum Gasteiger partial charge on any atom is -0.489 e. The molecule has 16 heavy (non-hydrogen) atoms. The monoisotopic (exact) mass is 218 g/mol. The Kier molecular flexibility index (Phi) is 3.25. The summed E-state index contributed by atoms with van der Waals surface area (Å²) in [7, 11) is 0. The number of ether oxygens (including phenoxy) is 1. The van der Waals surface area contributed by atoms with Gasteiger partial charge in [0.05, 0.1) is 12.3 Å². The molecule has 0 spiro atoms. The normalized spacial score (nSPS) is 20.0. The molecule has 3 nitrogen and oxygen atoms in total. The fourth-order valence-corrected chi connectivity index (χ4v) is 1.92. The van der Waals surface area contributed by atoms with Gasteiger partial charge in [-0.1, -0.05) is 6.08 Å². The van der Waals surface area contributed by atoms with E-state index < -0.39 is 0 Å². The van der Waals surface area contributed by atoms with Crippen molar-refractivity contribution in [1.29, 1.82) is 0 Å². The second kappa shape index (κ2) is 4.66. The van der Waals surface area contributed by atoms with E-state index in [-0.39, 0.29) is 12.1 Å². The highest BCUT2D eigenvalue weighted by Gasteiger charge is 2.14. The van der Waals surface area contributed by atoms with Crippen molar-refractivity contribution in [3.05, 3.63) is 30.1 Å². The summed E-state index contributed by atoms with van der Waals surface area (Å²) < 4.78 is 5.62. The molecular formula is C13H18N2O. The zero-order chi connectivity index (χ0) is 11.5. The summed E-state index contributed by atoms with van der Waals surface area (Å²) in [6, 6.07) is 2.24. The van der Waals surface area contributed by atoms with Crippen molar-refractivity contribution in [3.8, 4) is 5.75 Å². The summed E-state index contributed by atoms with van der Waals surface area (Å²) in [5.41, 5.74) is 8.27. The lowest BCUT2D eigenvalue weighted by Crippen LogP contribution is -2.11. The second-order valence-electron chi connectivity index (χ2n) is 4.47. The number of nitrogens with two attached hydrogens (primary N) is 1. The predicted octanol–water partition coefficient (Wildman–Crippen LogP) is 2.37. The fourth-order valence-electron chi connectivity index (χ4n) is 1.92. The van der Waals surface area contributed by atoms with E-state index in [1.54, 1.807) is 6.20 Å². The third kappa shape index (κ3) is 2.61. The Bertz CT molecular complexity index is 399. The summed E-state index contributed by atoms with van der Waals surface area (Å²) in [6.45, 7) is 4.02. The van der Waals surface area contributed by atoms with Crippen molar-refractivity contribution in [2.24, 2.45) is 5.73 Å². The van der Waals surface area contributed by atoms with Crippen LogP contribution in [0.4, 0.5) is 0 Å². The standard InChI is InChI=1S/C13H18N2O/c1-9(2)16-13-6-11(7-15-8-13)10-3-4-12(14)5-10/h5-9,12H,3-4,14H2,1-2H3. The molecule has 0 saturated heterocycles. The van der Waals surface area contributed by atoms with Crippen LogP contribution in [0.5, 0.6) is 5.75 Å². The van der Waals surface area contributed by atoms with Crippen LogP contribution in [0.3, 0.4) is 0 Å². The van der Waals surface area contributed by atoms with Gasteiger partial charge in [-0.3, -0.25) is 4.98 Å². The van der Waals surface area contributed by atoms with Crippen LogP contribution in [-0.2, 0) is 0 Å². The number of rotatable bonds is 3. The van der Waals surface area contributed by atoms with E-state index in [1.807, 2.05) is 26.1 Å². The quantitative estimate of drug-likeness (QED) is 0.847. The van der Waals surface area contributed by atoms with Crippen LogP contribution in [0.25, 0.3) is 5.57 Å². The van der Waals surface area contributed by atoms with Crippen LogP contribution < -0.4 is 10.5 Å². The highest BCUT2D eigenvalue weighted by atomic mass is 16.5. The van der Waals surface area contributed by atoms with Gasteiger partial charge in [0, 0.05) is 12.2 Å². The van der Waals surface area contributed by atoms with Crippen molar-refractivity contribution in [2.75, 3.05) is 0 Å². The van der Waals surface area contributed by atoms with E-state index >= 15 is 0 Å². The van der Waals surface area contributed by atoms with Crippen LogP contribution in [0.2, 0.25) is 0 Å². The number of pyridine rings is 1. The lowest BCUT2D eigenvalue weighted by atomic mass is 10.1. The first-order chi connectivity index (χ1) is 7.65. The van der Waals surface area contributed by atoms with Crippen molar-refractivity contribution in [2.45, 2.75) is 38.8 Å². The van der Waals surface area contributed by atoms with Crippen LogP contribution in [0.1, 0.15) is 32.3 Å². The SMILES string of the molecule is CC(C)Oc1cncc(C2=CC(N)CC2)c1. The summed E-state index contributed by atoms with van der Waals surface area (Å²) in [6.07, 6.45) is 7.99. The van der Waals surface area contributed by atoms with Gasteiger partial charge in [-0.05, 0) is 43.9 Å². The zero-order valence-corrected chi connectivity index (χ0v) is 9.81. The number of hydrogen-bond acceptors (Lipinski definition) is 3. The molecular weight excluding hydrogens is 200 g/mol. The molecule has 0 radical (unpaired) electrons. The summed E-state index contributed by atoms with van der Waals surface area (Å²) in [4.78, 5) is 4.20. The maximum atomic E-state index is 5.85. The van der Waals surface area contributed by atoms with Crippen molar-refractivity contribution in [3.63, 3.8) is 0 Å². The molecule has 1 aromatic heterocycles. The van der Waals surface area contributed by atoms with E-state index in [4.69, 9.17) is 10.5 Å². The number of hydrogen-bond donors (Lipinski definition) is 1. The molecule has 0 amide bonds. The van der Waals surface area contributed by atoms with Gasteiger partial charge >= 0.3 is 0 Å². The first kappa shape index (κ1) is 11.1. The van der Waals surface area contributed by atoms with Gasteiger partial charge in [0.25, 0.3) is 0 Å². The minimum absolute atomic E-state index is 0.178. The molecule has 0 fully saturated rings. The van der Waals surface area contributed by atoms with Gasteiger partial charge in [0.1, 0.15) is 5.75 Å². The predicted molar refractivity (Wildman–Crippen MR) is 65.2 cm³/mol. The smallest absolute Gasteiger partial charge is 0.138 e. The molecule has 1 heterocycles. The third-order valence-electron chi connectivity index (χ3n) is 2.62. The Morgan fingerprint density at radius 2 is 2.25 bits per heavy atom. The molecule has 1 aliphatic carbocycles. The molecule has 2 rings (SSSR count). The molecule has 1 unspecified atom stereocenters. The van der Waals surface area contributed by atoms with E-state index in [2.05, 4.69) is 11.1 Å². The van der Waals surface area contributed by atoms with Gasteiger partial charge in [-0.25, -0.2) is 0 Å². The first-order valence-electron chi connectivity index (χ1n) is 5.73. The highest BCUT2D eigenvalue weighted by molar-refractivity contribution is 5.68. The van der Waals surface area contributed by atoms with Gasteiger partial charge < -0.3 is 10.5 Å². The largest absolute Gasteiger partial charge is 0.489 e. The maximum Gasteiger partial charge on any atom is 0.138 e. The van der Waals surface area contributed by atoms with Gasteiger partial charge in [-0.2, -0.15) is 0 Å². The second-order valence-corrected chi connectivity index (χ2v) is 4.47. The molecule has 0 aromatic carbocycles. The molecule has 1 aliphatic rings. The Hall–Kier alpha value is -1.35. The molecule has 0 aliphatic heterocycles. The Balaban J connectivity index is 2.19. The van der Waals surface area contributed by atoms with Crippen LogP contribution >= 0.6 is 0 Å².